The summed E-state index contributed by atoms with van der Waals surface area (Å²) in [5, 5.41) is 3.59. The van der Waals surface area contributed by atoms with Crippen LogP contribution in [0.4, 0.5) is 0 Å². The maximum Gasteiger partial charge on any atom is 0.352 e. The number of azide groups is 1. The fraction of sp³-hybridized carbons (Fsp3) is 0.231. The molecule has 21 heavy (non-hydrogen) atoms. The Hall–Kier alpha value is -2.99. The molecule has 0 spiro atoms. The van der Waals surface area contributed by atoms with Gasteiger partial charge in [-0.1, -0.05) is 23.3 Å². The molecule has 2 heterocycles. The van der Waals surface area contributed by atoms with Crippen molar-refractivity contribution >= 4 is 0 Å². The van der Waals surface area contributed by atoms with Crippen molar-refractivity contribution in [3.8, 4) is 5.69 Å². The number of para-hydroxylation sites is 1. The van der Waals surface area contributed by atoms with Crippen LogP contribution in [0, 0.1) is 0 Å². The second-order valence-electron chi connectivity index (χ2n) is 4.77. The first-order valence-corrected chi connectivity index (χ1v) is 6.35. The fourth-order valence-electron chi connectivity index (χ4n) is 2.39. The quantitative estimate of drug-likeness (QED) is 0.473. The highest BCUT2D eigenvalue weighted by molar-refractivity contribution is 5.30. The average Bonchev–Trinajstić information content (AvgIpc) is 2.72. The second kappa shape index (κ2) is 4.84. The summed E-state index contributed by atoms with van der Waals surface area (Å²) in [5.74, 6) is 0. The van der Waals surface area contributed by atoms with Crippen molar-refractivity contribution in [3.63, 3.8) is 0 Å². The monoisotopic (exact) mass is 284 g/mol. The van der Waals surface area contributed by atoms with E-state index in [2.05, 4.69) is 10.0 Å². The lowest BCUT2D eigenvalue weighted by molar-refractivity contribution is 0.450. The molecule has 0 amide bonds. The molecule has 8 nitrogen and oxygen atoms in total. The number of aromatic nitrogens is 3. The van der Waals surface area contributed by atoms with Crippen LogP contribution in [0.1, 0.15) is 6.92 Å². The topological polar surface area (TPSA) is 97.7 Å². The molecule has 0 aliphatic carbocycles. The molecule has 2 aromatic rings. The van der Waals surface area contributed by atoms with E-state index in [9.17, 15) is 9.59 Å². The highest BCUT2D eigenvalue weighted by Gasteiger charge is 2.22. The third kappa shape index (κ3) is 1.98. The van der Waals surface area contributed by atoms with E-state index in [-0.39, 0.29) is 13.1 Å². The summed E-state index contributed by atoms with van der Waals surface area (Å²) < 4.78 is 3.78. The second-order valence-corrected chi connectivity index (χ2v) is 4.77. The van der Waals surface area contributed by atoms with Gasteiger partial charge >= 0.3 is 11.4 Å². The summed E-state index contributed by atoms with van der Waals surface area (Å²) in [4.78, 5) is 27.6. The minimum atomic E-state index is -0.440. The van der Waals surface area contributed by atoms with Gasteiger partial charge in [0.15, 0.2) is 0 Å². The first-order valence-electron chi connectivity index (χ1n) is 6.35. The molecule has 1 aromatic carbocycles. The van der Waals surface area contributed by atoms with E-state index >= 15 is 0 Å². The van der Waals surface area contributed by atoms with E-state index in [1.807, 2.05) is 6.07 Å². The van der Waals surface area contributed by atoms with Crippen LogP contribution < -0.4 is 11.4 Å². The maximum atomic E-state index is 12.4. The highest BCUT2D eigenvalue weighted by Crippen LogP contribution is 2.15. The van der Waals surface area contributed by atoms with Crippen LogP contribution in [0.3, 0.4) is 0 Å². The number of hydrogen-bond acceptors (Lipinski definition) is 3. The largest absolute Gasteiger partial charge is 0.352 e. The summed E-state index contributed by atoms with van der Waals surface area (Å²) in [6, 6.07) is 8.73. The third-order valence-corrected chi connectivity index (χ3v) is 3.47. The number of nitrogens with zero attached hydrogens (tertiary/aromatic N) is 6. The Kier molecular flexibility index (Phi) is 3.00. The smallest absolute Gasteiger partial charge is 0.245 e. The van der Waals surface area contributed by atoms with Crippen LogP contribution in [0.15, 0.2) is 56.3 Å². The lowest BCUT2D eigenvalue weighted by atomic mass is 10.2. The Morgan fingerprint density at radius 3 is 2.33 bits per heavy atom. The van der Waals surface area contributed by atoms with Crippen molar-refractivity contribution in [1.82, 2.24) is 13.9 Å². The summed E-state index contributed by atoms with van der Waals surface area (Å²) in [6.07, 6.45) is 0. The van der Waals surface area contributed by atoms with Gasteiger partial charge < -0.3 is 0 Å². The molecule has 0 unspecified atom stereocenters. The van der Waals surface area contributed by atoms with Gasteiger partial charge in [-0.15, -0.1) is 0 Å². The Balaban J connectivity index is 2.20. The Morgan fingerprint density at radius 1 is 1.10 bits per heavy atom. The highest BCUT2D eigenvalue weighted by atomic mass is 16.2. The van der Waals surface area contributed by atoms with Crippen LogP contribution in [0.2, 0.25) is 0 Å². The first kappa shape index (κ1) is 13.0. The van der Waals surface area contributed by atoms with Gasteiger partial charge in [-0.05, 0) is 30.2 Å². The zero-order valence-corrected chi connectivity index (χ0v) is 11.3. The maximum absolute atomic E-state index is 12.4. The Morgan fingerprint density at radius 2 is 1.71 bits per heavy atom. The number of allylic oxidation sites excluding steroid dienone is 2. The number of hydrogen-bond donors (Lipinski definition) is 0. The normalized spacial score (nSPS) is 13.8. The van der Waals surface area contributed by atoms with Gasteiger partial charge in [-0.2, -0.15) is 0 Å². The van der Waals surface area contributed by atoms with E-state index in [1.54, 1.807) is 31.2 Å². The van der Waals surface area contributed by atoms with Gasteiger partial charge in [-0.25, -0.2) is 23.5 Å². The van der Waals surface area contributed by atoms with Crippen LogP contribution in [0.5, 0.6) is 0 Å². The molecule has 0 saturated carbocycles. The summed E-state index contributed by atoms with van der Waals surface area (Å²) in [7, 11) is 0. The predicted octanol–water partition coefficient (Wildman–Crippen LogP) is 1.40. The van der Waals surface area contributed by atoms with Crippen molar-refractivity contribution in [2.45, 2.75) is 20.0 Å². The number of fused-ring (bicyclic) bond motifs is 1. The van der Waals surface area contributed by atoms with E-state index in [0.717, 1.165) is 10.1 Å². The molecule has 0 bridgehead atoms. The standard InChI is InChI=1S/C13H12N6O2/c1-9-7-17-12(20)19(10-5-3-2-4-6-10)13(21)18(17)8-11(9)15-16-14/h2-6H,7-8H2,1H3. The van der Waals surface area contributed by atoms with E-state index in [0.29, 0.717) is 11.4 Å². The van der Waals surface area contributed by atoms with E-state index < -0.39 is 11.4 Å². The lowest BCUT2D eigenvalue weighted by Crippen LogP contribution is -2.31. The summed E-state index contributed by atoms with van der Waals surface area (Å²) in [5.41, 5.74) is 9.49. The van der Waals surface area contributed by atoms with E-state index in [4.69, 9.17) is 5.53 Å². The number of benzene rings is 1. The molecule has 1 aliphatic heterocycles. The molecule has 0 fully saturated rings. The van der Waals surface area contributed by atoms with Gasteiger partial charge in [0.25, 0.3) is 0 Å². The van der Waals surface area contributed by atoms with Crippen LogP contribution >= 0.6 is 0 Å². The first-order chi connectivity index (χ1) is 10.1. The molecule has 0 N–H and O–H groups in total. The summed E-state index contributed by atoms with van der Waals surface area (Å²) >= 11 is 0. The zero-order chi connectivity index (χ0) is 15.0. The molecule has 3 rings (SSSR count). The van der Waals surface area contributed by atoms with E-state index in [1.165, 1.54) is 9.36 Å². The molecule has 106 valence electrons. The number of rotatable bonds is 2. The van der Waals surface area contributed by atoms with Gasteiger partial charge in [0.2, 0.25) is 0 Å². The average molecular weight is 284 g/mol. The van der Waals surface area contributed by atoms with Crippen molar-refractivity contribution in [2.75, 3.05) is 0 Å². The minimum Gasteiger partial charge on any atom is -0.245 e. The molecule has 1 aromatic heterocycles. The third-order valence-electron chi connectivity index (χ3n) is 3.47. The van der Waals surface area contributed by atoms with Crippen LogP contribution in [-0.2, 0) is 13.1 Å². The molecule has 8 heteroatoms. The molecular formula is C13H12N6O2. The Labute approximate surface area is 118 Å². The van der Waals surface area contributed by atoms with Gasteiger partial charge in [-0.3, -0.25) is 0 Å². The SMILES string of the molecule is CC1=C(N=[N+]=[N-])Cn2c(=O)n(-c3ccccc3)c(=O)n2C1. The van der Waals surface area contributed by atoms with Crippen molar-refractivity contribution in [2.24, 2.45) is 5.11 Å². The van der Waals surface area contributed by atoms with Crippen molar-refractivity contribution in [1.29, 1.82) is 0 Å². The van der Waals surface area contributed by atoms with Crippen LogP contribution in [-0.4, -0.2) is 13.9 Å². The molecule has 0 radical (unpaired) electrons. The lowest BCUT2D eigenvalue weighted by Gasteiger charge is -2.17. The predicted molar refractivity (Wildman–Crippen MR) is 76.1 cm³/mol. The zero-order valence-electron chi connectivity index (χ0n) is 11.3. The Bertz CT molecular complexity index is 893. The molecular weight excluding hydrogens is 272 g/mol. The summed E-state index contributed by atoms with van der Waals surface area (Å²) in [6.45, 7) is 2.12. The van der Waals surface area contributed by atoms with Gasteiger partial charge in [0.1, 0.15) is 0 Å². The van der Waals surface area contributed by atoms with Gasteiger partial charge in [0, 0.05) is 10.6 Å². The molecule has 1 aliphatic rings. The van der Waals surface area contributed by atoms with Crippen LogP contribution in [0.25, 0.3) is 16.1 Å². The minimum absolute atomic E-state index is 0.101. The van der Waals surface area contributed by atoms with Crippen molar-refractivity contribution < 1.29 is 0 Å². The molecule has 0 atom stereocenters. The van der Waals surface area contributed by atoms with Crippen molar-refractivity contribution in [3.05, 3.63) is 73.0 Å². The fourth-order valence-corrected chi connectivity index (χ4v) is 2.39. The van der Waals surface area contributed by atoms with Gasteiger partial charge in [0.05, 0.1) is 18.8 Å². The molecule has 0 saturated heterocycles.